The highest BCUT2D eigenvalue weighted by molar-refractivity contribution is 5.80. The number of piperidine rings is 1. The molecule has 32 heavy (non-hydrogen) atoms. The number of likely N-dealkylation sites (tertiary alicyclic amines) is 1. The molecule has 0 unspecified atom stereocenters. The Bertz CT molecular complexity index is 1300. The Kier molecular flexibility index (Phi) is 4.93. The van der Waals surface area contributed by atoms with E-state index in [1.807, 2.05) is 22.7 Å². The molecule has 1 aliphatic heterocycles. The van der Waals surface area contributed by atoms with Gasteiger partial charge >= 0.3 is 6.09 Å². The Morgan fingerprint density at radius 3 is 2.53 bits per heavy atom. The van der Waals surface area contributed by atoms with E-state index in [4.69, 9.17) is 10.7 Å². The number of nitrogens with two attached hydrogens (primary N) is 1. The molecule has 1 saturated heterocycles. The molecule has 0 bridgehead atoms. The number of nitrogens with zero attached hydrogens (tertiary/aromatic N) is 5. The standard InChI is InChI=1S/C23H21FN6O2/c24-17-3-1-15(2-4-17)20-21(18-5-9-26-22(25)27-18)30-12-8-16(13-19(30)28-20)14-6-10-29(11-7-14)23(31)32/h1-5,8-9,12-14H,6-7,10-11H2,(H,31,32)(H2,25,26,27). The number of anilines is 1. The van der Waals surface area contributed by atoms with Gasteiger partial charge in [0.2, 0.25) is 5.95 Å². The maximum atomic E-state index is 13.5. The summed E-state index contributed by atoms with van der Waals surface area (Å²) >= 11 is 0. The maximum Gasteiger partial charge on any atom is 0.407 e. The molecule has 1 amide bonds. The molecule has 4 heterocycles. The fourth-order valence-corrected chi connectivity index (χ4v) is 4.28. The van der Waals surface area contributed by atoms with Crippen molar-refractivity contribution in [2.24, 2.45) is 0 Å². The molecular formula is C23H21FN6O2. The normalized spacial score (nSPS) is 14.7. The van der Waals surface area contributed by atoms with E-state index < -0.39 is 6.09 Å². The van der Waals surface area contributed by atoms with Gasteiger partial charge in [0.25, 0.3) is 0 Å². The molecule has 1 aliphatic rings. The molecule has 0 aliphatic carbocycles. The van der Waals surface area contributed by atoms with Crippen molar-refractivity contribution in [2.45, 2.75) is 18.8 Å². The van der Waals surface area contributed by atoms with Crippen LogP contribution in [0.5, 0.6) is 0 Å². The molecule has 9 heteroatoms. The minimum Gasteiger partial charge on any atom is -0.465 e. The summed E-state index contributed by atoms with van der Waals surface area (Å²) in [6.07, 6.45) is 4.20. The van der Waals surface area contributed by atoms with Gasteiger partial charge in [0.1, 0.15) is 11.5 Å². The number of amides is 1. The van der Waals surface area contributed by atoms with Crippen molar-refractivity contribution < 1.29 is 14.3 Å². The third-order valence-electron chi connectivity index (χ3n) is 5.92. The van der Waals surface area contributed by atoms with E-state index in [9.17, 15) is 14.3 Å². The summed E-state index contributed by atoms with van der Waals surface area (Å²) in [4.78, 5) is 25.9. The second-order valence-electron chi connectivity index (χ2n) is 7.85. The first-order chi connectivity index (χ1) is 15.5. The van der Waals surface area contributed by atoms with Crippen molar-refractivity contribution in [2.75, 3.05) is 18.8 Å². The number of hydrogen-bond donors (Lipinski definition) is 2. The highest BCUT2D eigenvalue weighted by Crippen LogP contribution is 2.34. The number of halogens is 1. The zero-order valence-electron chi connectivity index (χ0n) is 17.1. The van der Waals surface area contributed by atoms with E-state index in [0.717, 1.165) is 35.3 Å². The van der Waals surface area contributed by atoms with Crippen LogP contribution >= 0.6 is 0 Å². The molecule has 0 atom stereocenters. The fraction of sp³-hybridized carbons (Fsp3) is 0.217. The molecule has 3 N–H and O–H groups in total. The summed E-state index contributed by atoms with van der Waals surface area (Å²) in [5.41, 5.74) is 10.5. The lowest BCUT2D eigenvalue weighted by Gasteiger charge is -2.30. The van der Waals surface area contributed by atoms with Crippen molar-refractivity contribution in [3.8, 4) is 22.6 Å². The maximum absolute atomic E-state index is 13.5. The van der Waals surface area contributed by atoms with Crippen molar-refractivity contribution in [3.63, 3.8) is 0 Å². The SMILES string of the molecule is Nc1nccc(-c2c(-c3ccc(F)cc3)nc3cc(C4CCN(C(=O)O)CC4)ccn23)n1. The fourth-order valence-electron chi connectivity index (χ4n) is 4.28. The first-order valence-corrected chi connectivity index (χ1v) is 10.3. The molecule has 0 spiro atoms. The number of hydrogen-bond acceptors (Lipinski definition) is 5. The van der Waals surface area contributed by atoms with Crippen LogP contribution in [0.2, 0.25) is 0 Å². The quantitative estimate of drug-likeness (QED) is 0.506. The van der Waals surface area contributed by atoms with Gasteiger partial charge < -0.3 is 15.7 Å². The van der Waals surface area contributed by atoms with Gasteiger partial charge in [-0.15, -0.1) is 0 Å². The van der Waals surface area contributed by atoms with E-state index in [-0.39, 0.29) is 17.7 Å². The second kappa shape index (κ2) is 7.92. The summed E-state index contributed by atoms with van der Waals surface area (Å²) in [7, 11) is 0. The third-order valence-corrected chi connectivity index (χ3v) is 5.92. The Morgan fingerprint density at radius 2 is 1.84 bits per heavy atom. The minimum atomic E-state index is -0.870. The summed E-state index contributed by atoms with van der Waals surface area (Å²) < 4.78 is 15.5. The van der Waals surface area contributed by atoms with Gasteiger partial charge in [0.05, 0.1) is 17.1 Å². The van der Waals surface area contributed by atoms with Crippen LogP contribution in [0.3, 0.4) is 0 Å². The van der Waals surface area contributed by atoms with Crippen LogP contribution in [0, 0.1) is 5.82 Å². The van der Waals surface area contributed by atoms with Crippen molar-refractivity contribution in [3.05, 3.63) is 66.2 Å². The number of carbonyl (C=O) groups is 1. The largest absolute Gasteiger partial charge is 0.465 e. The second-order valence-corrected chi connectivity index (χ2v) is 7.85. The molecule has 0 radical (unpaired) electrons. The van der Waals surface area contributed by atoms with E-state index in [2.05, 4.69) is 9.97 Å². The monoisotopic (exact) mass is 432 g/mol. The van der Waals surface area contributed by atoms with Crippen LogP contribution in [0.4, 0.5) is 15.1 Å². The average molecular weight is 432 g/mol. The zero-order chi connectivity index (χ0) is 22.2. The molecule has 162 valence electrons. The highest BCUT2D eigenvalue weighted by Gasteiger charge is 2.25. The minimum absolute atomic E-state index is 0.157. The van der Waals surface area contributed by atoms with Crippen LogP contribution in [0.15, 0.2) is 54.9 Å². The van der Waals surface area contributed by atoms with Crippen molar-refractivity contribution in [1.82, 2.24) is 24.3 Å². The molecule has 1 fully saturated rings. The number of imidazole rings is 1. The molecule has 3 aromatic heterocycles. The molecule has 0 saturated carbocycles. The van der Waals surface area contributed by atoms with Crippen LogP contribution in [0.25, 0.3) is 28.3 Å². The number of fused-ring (bicyclic) bond motifs is 1. The number of nitrogen functional groups attached to an aromatic ring is 1. The average Bonchev–Trinajstić information content (AvgIpc) is 3.18. The lowest BCUT2D eigenvalue weighted by Crippen LogP contribution is -2.36. The smallest absolute Gasteiger partial charge is 0.407 e. The number of rotatable bonds is 3. The molecule has 1 aromatic carbocycles. The Labute approximate surface area is 183 Å². The van der Waals surface area contributed by atoms with Gasteiger partial charge in [-0.25, -0.2) is 24.1 Å². The van der Waals surface area contributed by atoms with Crippen LogP contribution in [-0.2, 0) is 0 Å². The van der Waals surface area contributed by atoms with Crippen molar-refractivity contribution >= 4 is 17.7 Å². The molecule has 4 aromatic rings. The molecule has 5 rings (SSSR count). The summed E-state index contributed by atoms with van der Waals surface area (Å²) in [6.45, 7) is 1.04. The molecule has 8 nitrogen and oxygen atoms in total. The number of aromatic nitrogens is 4. The lowest BCUT2D eigenvalue weighted by molar-refractivity contribution is 0.132. The van der Waals surface area contributed by atoms with Gasteiger partial charge in [-0.3, -0.25) is 4.40 Å². The van der Waals surface area contributed by atoms with Gasteiger partial charge in [0, 0.05) is 31.0 Å². The zero-order valence-corrected chi connectivity index (χ0v) is 17.1. The number of benzene rings is 1. The van der Waals surface area contributed by atoms with Crippen molar-refractivity contribution in [1.29, 1.82) is 0 Å². The summed E-state index contributed by atoms with van der Waals surface area (Å²) in [5.74, 6) is 0.101. The molecular weight excluding hydrogens is 411 g/mol. The van der Waals surface area contributed by atoms with E-state index >= 15 is 0 Å². The van der Waals surface area contributed by atoms with Gasteiger partial charge in [-0.1, -0.05) is 0 Å². The summed E-state index contributed by atoms with van der Waals surface area (Å²) in [6, 6.07) is 12.0. The van der Waals surface area contributed by atoms with E-state index in [1.165, 1.54) is 17.0 Å². The third kappa shape index (κ3) is 3.62. The van der Waals surface area contributed by atoms with Crippen LogP contribution in [-0.4, -0.2) is 48.5 Å². The first kappa shape index (κ1) is 19.9. The van der Waals surface area contributed by atoms with Gasteiger partial charge in [0.15, 0.2) is 0 Å². The summed E-state index contributed by atoms with van der Waals surface area (Å²) in [5, 5.41) is 9.19. The van der Waals surface area contributed by atoms with Gasteiger partial charge in [-0.05, 0) is 66.8 Å². The van der Waals surface area contributed by atoms with E-state index in [1.54, 1.807) is 24.4 Å². The predicted octanol–water partition coefficient (Wildman–Crippen LogP) is 4.04. The lowest BCUT2D eigenvalue weighted by atomic mass is 9.90. The Hall–Kier alpha value is -4.01. The van der Waals surface area contributed by atoms with Crippen LogP contribution in [0.1, 0.15) is 24.3 Å². The van der Waals surface area contributed by atoms with Crippen LogP contribution < -0.4 is 5.73 Å². The first-order valence-electron chi connectivity index (χ1n) is 10.3. The Balaban J connectivity index is 1.60. The number of carboxylic acid groups (broad SMARTS) is 1. The topological polar surface area (TPSA) is 110 Å². The predicted molar refractivity (Wildman–Crippen MR) is 118 cm³/mol. The van der Waals surface area contributed by atoms with E-state index in [0.29, 0.717) is 24.5 Å². The number of pyridine rings is 1. The Morgan fingerprint density at radius 1 is 1.09 bits per heavy atom. The van der Waals surface area contributed by atoms with Gasteiger partial charge in [-0.2, -0.15) is 0 Å². The highest BCUT2D eigenvalue weighted by atomic mass is 19.1.